The van der Waals surface area contributed by atoms with Gasteiger partial charge >= 0.3 is 6.09 Å². The van der Waals surface area contributed by atoms with Gasteiger partial charge in [-0.1, -0.05) is 85.0 Å². The maximum Gasteiger partial charge on any atom is 0.408 e. The molecule has 2 atom stereocenters. The van der Waals surface area contributed by atoms with Gasteiger partial charge in [0.05, 0.1) is 0 Å². The van der Waals surface area contributed by atoms with Gasteiger partial charge in [-0.15, -0.1) is 0 Å². The van der Waals surface area contributed by atoms with Crippen molar-refractivity contribution in [3.63, 3.8) is 0 Å². The van der Waals surface area contributed by atoms with Crippen LogP contribution in [0.5, 0.6) is 0 Å². The van der Waals surface area contributed by atoms with Crippen molar-refractivity contribution in [2.75, 3.05) is 13.1 Å². The van der Waals surface area contributed by atoms with Crippen LogP contribution in [0.2, 0.25) is 0 Å². The van der Waals surface area contributed by atoms with Crippen molar-refractivity contribution in [2.24, 2.45) is 5.11 Å². The molecule has 0 unspecified atom stereocenters. The first-order valence-corrected chi connectivity index (χ1v) is 14.2. The summed E-state index contributed by atoms with van der Waals surface area (Å²) in [7, 11) is 0. The molecule has 41 heavy (non-hydrogen) atoms. The fraction of sp³-hybridized carbons (Fsp3) is 0.516. The molecule has 0 aliphatic rings. The molecule has 0 aromatic heterocycles. The summed E-state index contributed by atoms with van der Waals surface area (Å²) in [4.78, 5) is 42.6. The Morgan fingerprint density at radius 1 is 0.878 bits per heavy atom. The predicted octanol–water partition coefficient (Wildman–Crippen LogP) is 5.62. The Balaban J connectivity index is 2.13. The average molecular weight is 565 g/mol. The van der Waals surface area contributed by atoms with Crippen LogP contribution in [-0.4, -0.2) is 48.2 Å². The van der Waals surface area contributed by atoms with Gasteiger partial charge in [-0.2, -0.15) is 0 Å². The Morgan fingerprint density at radius 2 is 1.46 bits per heavy atom. The van der Waals surface area contributed by atoms with Crippen LogP contribution < -0.4 is 16.0 Å². The van der Waals surface area contributed by atoms with E-state index in [9.17, 15) is 14.4 Å². The average Bonchev–Trinajstić information content (AvgIpc) is 2.91. The monoisotopic (exact) mass is 564 g/mol. The Hall–Kier alpha value is -4.04. The molecule has 2 aromatic rings. The summed E-state index contributed by atoms with van der Waals surface area (Å²) in [5.41, 5.74) is 8.10. The van der Waals surface area contributed by atoms with Crippen LogP contribution >= 0.6 is 0 Å². The van der Waals surface area contributed by atoms with Gasteiger partial charge in [-0.3, -0.25) is 9.59 Å². The molecule has 10 heteroatoms. The molecule has 0 radical (unpaired) electrons. The molecule has 2 aromatic carbocycles. The molecular weight excluding hydrogens is 520 g/mol. The van der Waals surface area contributed by atoms with Crippen LogP contribution in [0.4, 0.5) is 4.79 Å². The van der Waals surface area contributed by atoms with Crippen molar-refractivity contribution >= 4 is 17.9 Å². The highest BCUT2D eigenvalue weighted by atomic mass is 16.6. The Labute approximate surface area is 243 Å². The van der Waals surface area contributed by atoms with E-state index < -0.39 is 29.2 Å². The topological polar surface area (TPSA) is 145 Å². The maximum atomic E-state index is 13.7. The molecule has 222 valence electrons. The number of hydrogen-bond donors (Lipinski definition) is 3. The number of carbonyl (C=O) groups is 3. The number of hydrogen-bond acceptors (Lipinski definition) is 5. The molecule has 3 amide bonds. The lowest BCUT2D eigenvalue weighted by molar-refractivity contribution is -0.133. The molecule has 10 nitrogen and oxygen atoms in total. The summed E-state index contributed by atoms with van der Waals surface area (Å²) in [6.45, 7) is 7.93. The minimum Gasteiger partial charge on any atom is -0.444 e. The van der Waals surface area contributed by atoms with E-state index in [1.807, 2.05) is 60.7 Å². The summed E-state index contributed by atoms with van der Waals surface area (Å²) in [6, 6.07) is 17.9. The van der Waals surface area contributed by atoms with Gasteiger partial charge in [0, 0.05) is 30.8 Å². The Kier molecular flexibility index (Phi) is 13.7. The third-order valence-electron chi connectivity index (χ3n) is 6.37. The molecule has 0 saturated carbocycles. The standard InChI is InChI=1S/C31H44N6O4/c1-30(2,3)41-29(40)35-26(22-24-16-10-8-11-17-24)27(38)36-31(4,23-25-18-12-9-13-19-25)28(39)33-20-14-6-5-7-15-21-34-37-32/h8-13,16-19,26H,5-7,14-15,20-23H2,1-4H3,(H,33,39)(H,35,40)(H,36,38)/t26-,31+/m0/s1. The van der Waals surface area contributed by atoms with Gasteiger partial charge in [0.1, 0.15) is 17.2 Å². The van der Waals surface area contributed by atoms with Gasteiger partial charge in [-0.05, 0) is 57.2 Å². The van der Waals surface area contributed by atoms with Crippen molar-refractivity contribution in [2.45, 2.75) is 89.8 Å². The second kappa shape index (κ2) is 16.9. The summed E-state index contributed by atoms with van der Waals surface area (Å²) < 4.78 is 5.41. The lowest BCUT2D eigenvalue weighted by Gasteiger charge is -2.32. The third-order valence-corrected chi connectivity index (χ3v) is 6.37. The van der Waals surface area contributed by atoms with E-state index in [1.54, 1.807) is 27.7 Å². The molecule has 0 spiro atoms. The quantitative estimate of drug-likeness (QED) is 0.105. The zero-order chi connectivity index (χ0) is 30.1. The smallest absolute Gasteiger partial charge is 0.408 e. The number of rotatable bonds is 16. The minimum atomic E-state index is -1.27. The fourth-order valence-corrected chi connectivity index (χ4v) is 4.33. The second-order valence-corrected chi connectivity index (χ2v) is 11.4. The van der Waals surface area contributed by atoms with E-state index in [0.717, 1.165) is 43.2 Å². The lowest BCUT2D eigenvalue weighted by atomic mass is 9.90. The third kappa shape index (κ3) is 13.2. The normalized spacial score (nSPS) is 13.2. The predicted molar refractivity (Wildman–Crippen MR) is 160 cm³/mol. The fourth-order valence-electron chi connectivity index (χ4n) is 4.33. The molecular formula is C31H44N6O4. The van der Waals surface area contributed by atoms with Crippen LogP contribution in [0.25, 0.3) is 10.4 Å². The zero-order valence-corrected chi connectivity index (χ0v) is 24.7. The first-order valence-electron chi connectivity index (χ1n) is 14.2. The number of unbranched alkanes of at least 4 members (excludes halogenated alkanes) is 4. The van der Waals surface area contributed by atoms with Crippen molar-refractivity contribution in [1.82, 2.24) is 16.0 Å². The van der Waals surface area contributed by atoms with Gasteiger partial charge in [0.2, 0.25) is 11.8 Å². The summed E-state index contributed by atoms with van der Waals surface area (Å²) in [5, 5.41) is 12.2. The zero-order valence-electron chi connectivity index (χ0n) is 24.7. The summed E-state index contributed by atoms with van der Waals surface area (Å²) in [6.07, 6.45) is 4.30. The van der Waals surface area contributed by atoms with E-state index in [4.69, 9.17) is 10.3 Å². The maximum absolute atomic E-state index is 13.7. The molecule has 0 aliphatic carbocycles. The number of benzene rings is 2. The van der Waals surface area contributed by atoms with E-state index in [0.29, 0.717) is 13.1 Å². The SMILES string of the molecule is CC(C)(C)OC(=O)N[C@@H](Cc1ccccc1)C(=O)N[C@](C)(Cc1ccccc1)C(=O)NCCCCCCCN=[N+]=[N-]. The van der Waals surface area contributed by atoms with Crippen LogP contribution in [0, 0.1) is 0 Å². The van der Waals surface area contributed by atoms with Crippen LogP contribution in [0.3, 0.4) is 0 Å². The second-order valence-electron chi connectivity index (χ2n) is 11.4. The van der Waals surface area contributed by atoms with Crippen molar-refractivity contribution in [3.05, 3.63) is 82.2 Å². The molecule has 2 rings (SSSR count). The number of nitrogens with zero attached hydrogens (tertiary/aromatic N) is 3. The minimum absolute atomic E-state index is 0.231. The van der Waals surface area contributed by atoms with Gasteiger partial charge in [-0.25, -0.2) is 4.79 Å². The Bertz CT molecular complexity index is 1150. The Morgan fingerprint density at radius 3 is 2.07 bits per heavy atom. The molecule has 0 fully saturated rings. The van der Waals surface area contributed by atoms with E-state index in [-0.39, 0.29) is 18.7 Å². The van der Waals surface area contributed by atoms with Crippen LogP contribution in [0.15, 0.2) is 65.8 Å². The van der Waals surface area contributed by atoms with Crippen LogP contribution in [-0.2, 0) is 27.2 Å². The number of nitrogens with one attached hydrogen (secondary N) is 3. The van der Waals surface area contributed by atoms with E-state index in [2.05, 4.69) is 26.0 Å². The highest BCUT2D eigenvalue weighted by Gasteiger charge is 2.37. The molecule has 3 N–H and O–H groups in total. The summed E-state index contributed by atoms with van der Waals surface area (Å²) >= 11 is 0. The lowest BCUT2D eigenvalue weighted by Crippen LogP contribution is -2.62. The van der Waals surface area contributed by atoms with Gasteiger partial charge < -0.3 is 20.7 Å². The summed E-state index contributed by atoms with van der Waals surface area (Å²) in [5.74, 6) is -0.776. The molecule has 0 heterocycles. The highest BCUT2D eigenvalue weighted by Crippen LogP contribution is 2.16. The number of carbonyl (C=O) groups excluding carboxylic acids is 3. The van der Waals surface area contributed by atoms with E-state index in [1.165, 1.54) is 0 Å². The largest absolute Gasteiger partial charge is 0.444 e. The molecule has 0 saturated heterocycles. The number of azide groups is 1. The van der Waals surface area contributed by atoms with Gasteiger partial charge in [0.25, 0.3) is 0 Å². The molecule has 0 bridgehead atoms. The van der Waals surface area contributed by atoms with Crippen molar-refractivity contribution in [1.29, 1.82) is 0 Å². The number of alkyl carbamates (subject to hydrolysis) is 1. The van der Waals surface area contributed by atoms with Crippen molar-refractivity contribution in [3.8, 4) is 0 Å². The van der Waals surface area contributed by atoms with Gasteiger partial charge in [0.15, 0.2) is 0 Å². The number of ether oxygens (including phenoxy) is 1. The molecule has 0 aliphatic heterocycles. The first-order chi connectivity index (χ1) is 19.5. The van der Waals surface area contributed by atoms with Crippen molar-refractivity contribution < 1.29 is 19.1 Å². The first kappa shape index (κ1) is 33.2. The van der Waals surface area contributed by atoms with E-state index >= 15 is 0 Å². The number of amides is 3. The van der Waals surface area contributed by atoms with Crippen LogP contribution in [0.1, 0.15) is 70.9 Å². The highest BCUT2D eigenvalue weighted by molar-refractivity contribution is 5.94.